The van der Waals surface area contributed by atoms with Gasteiger partial charge in [-0.1, -0.05) is 48.0 Å². The van der Waals surface area contributed by atoms with Crippen molar-refractivity contribution in [1.29, 1.82) is 0 Å². The predicted molar refractivity (Wildman–Crippen MR) is 74.1 cm³/mol. The highest BCUT2D eigenvalue weighted by atomic mass is 28.3. The summed E-state index contributed by atoms with van der Waals surface area (Å²) in [5.74, 6) is 0. The Kier molecular flexibility index (Phi) is 4.84. The summed E-state index contributed by atoms with van der Waals surface area (Å²) in [6, 6.07) is 0. The van der Waals surface area contributed by atoms with Crippen LogP contribution in [0, 0.1) is 10.8 Å². The molecule has 1 aliphatic carbocycles. The lowest BCUT2D eigenvalue weighted by atomic mass is 9.74. The molecule has 2 nitrogen and oxygen atoms in total. The van der Waals surface area contributed by atoms with Crippen molar-refractivity contribution in [3.8, 4) is 0 Å². The summed E-state index contributed by atoms with van der Waals surface area (Å²) < 4.78 is 12.1. The smallest absolute Gasteiger partial charge is 0.388 e. The third kappa shape index (κ3) is 4.07. The van der Waals surface area contributed by atoms with E-state index in [1.165, 1.54) is 19.3 Å². The van der Waals surface area contributed by atoms with Gasteiger partial charge in [-0.05, 0) is 23.7 Å². The van der Waals surface area contributed by atoms with Crippen LogP contribution < -0.4 is 0 Å². The van der Waals surface area contributed by atoms with Crippen LogP contribution in [0.4, 0.5) is 0 Å². The van der Waals surface area contributed by atoms with Crippen molar-refractivity contribution >= 4 is 9.28 Å². The Morgan fingerprint density at radius 3 is 1.71 bits per heavy atom. The molecule has 0 amide bonds. The van der Waals surface area contributed by atoms with Crippen LogP contribution in [-0.2, 0) is 8.85 Å². The van der Waals surface area contributed by atoms with Gasteiger partial charge in [0.05, 0.1) is 6.10 Å². The summed E-state index contributed by atoms with van der Waals surface area (Å²) in [5, 5.41) is 0. The molecule has 0 aromatic heterocycles. The summed E-state index contributed by atoms with van der Waals surface area (Å²) in [6.45, 7) is 13.6. The molecule has 1 aliphatic rings. The van der Waals surface area contributed by atoms with Gasteiger partial charge >= 0.3 is 9.28 Å². The molecule has 0 aliphatic heterocycles. The molecule has 3 heteroatoms. The van der Waals surface area contributed by atoms with Gasteiger partial charge < -0.3 is 8.85 Å². The highest BCUT2D eigenvalue weighted by molar-refractivity contribution is 6.46. The van der Waals surface area contributed by atoms with E-state index in [0.29, 0.717) is 5.54 Å². The molecule has 0 aromatic carbocycles. The average molecular weight is 257 g/mol. The second-order valence-electron chi connectivity index (χ2n) is 7.38. The van der Waals surface area contributed by atoms with Crippen molar-refractivity contribution in [3.05, 3.63) is 0 Å². The van der Waals surface area contributed by atoms with Crippen molar-refractivity contribution in [3.63, 3.8) is 0 Å². The van der Waals surface area contributed by atoms with Crippen LogP contribution in [0.15, 0.2) is 0 Å². The third-order valence-corrected chi connectivity index (χ3v) is 5.56. The van der Waals surface area contributed by atoms with E-state index < -0.39 is 9.28 Å². The molecule has 0 heterocycles. The van der Waals surface area contributed by atoms with Crippen molar-refractivity contribution in [2.75, 3.05) is 7.11 Å². The van der Waals surface area contributed by atoms with E-state index in [1.54, 1.807) is 0 Å². The molecule has 1 fully saturated rings. The van der Waals surface area contributed by atoms with E-state index in [-0.39, 0.29) is 16.9 Å². The normalized spacial score (nSPS) is 18.9. The zero-order chi connectivity index (χ0) is 13.3. The monoisotopic (exact) mass is 257 g/mol. The first-order valence-corrected chi connectivity index (χ1v) is 8.13. The molecule has 0 saturated heterocycles. The lowest BCUT2D eigenvalue weighted by Crippen LogP contribution is -2.47. The topological polar surface area (TPSA) is 18.5 Å². The quantitative estimate of drug-likeness (QED) is 0.704. The maximum absolute atomic E-state index is 6.41. The lowest BCUT2D eigenvalue weighted by Gasteiger charge is -2.43. The minimum atomic E-state index is -1.09. The summed E-state index contributed by atoms with van der Waals surface area (Å²) in [6.07, 6.45) is 4.19. The lowest BCUT2D eigenvalue weighted by molar-refractivity contribution is -0.0233. The number of hydrogen-bond acceptors (Lipinski definition) is 2. The van der Waals surface area contributed by atoms with Gasteiger partial charge in [0, 0.05) is 12.7 Å². The Labute approximate surface area is 109 Å². The van der Waals surface area contributed by atoms with Crippen LogP contribution in [0.3, 0.4) is 0 Å². The molecule has 101 valence electrons. The van der Waals surface area contributed by atoms with Gasteiger partial charge in [0.2, 0.25) is 0 Å². The maximum Gasteiger partial charge on any atom is 0.388 e. The first kappa shape index (κ1) is 15.2. The largest absolute Gasteiger partial charge is 0.397 e. The Morgan fingerprint density at radius 2 is 1.47 bits per heavy atom. The molecule has 1 rings (SSSR count). The van der Waals surface area contributed by atoms with Gasteiger partial charge in [-0.15, -0.1) is 0 Å². The van der Waals surface area contributed by atoms with Gasteiger partial charge in [0.15, 0.2) is 0 Å². The van der Waals surface area contributed by atoms with Crippen LogP contribution >= 0.6 is 0 Å². The second-order valence-corrected chi connectivity index (χ2v) is 9.48. The first-order chi connectivity index (χ1) is 7.66. The van der Waals surface area contributed by atoms with E-state index in [4.69, 9.17) is 8.85 Å². The number of rotatable bonds is 4. The van der Waals surface area contributed by atoms with Gasteiger partial charge in [-0.3, -0.25) is 0 Å². The molecular weight excluding hydrogens is 228 g/mol. The summed E-state index contributed by atoms with van der Waals surface area (Å²) in [7, 11) is 0.725. The maximum atomic E-state index is 6.41. The Hall–Kier alpha value is 0.137. The molecule has 0 aromatic rings. The van der Waals surface area contributed by atoms with Gasteiger partial charge in [0.25, 0.3) is 0 Å². The minimum absolute atomic E-state index is 0.163. The fourth-order valence-corrected chi connectivity index (χ4v) is 5.16. The number of hydrogen-bond donors (Lipinski definition) is 0. The van der Waals surface area contributed by atoms with E-state index in [1.807, 2.05) is 7.11 Å². The Balaban J connectivity index is 2.71. The van der Waals surface area contributed by atoms with Crippen LogP contribution in [0.25, 0.3) is 0 Å². The Morgan fingerprint density at radius 1 is 1.00 bits per heavy atom. The average Bonchev–Trinajstić information content (AvgIpc) is 2.03. The van der Waals surface area contributed by atoms with Crippen LogP contribution in [0.2, 0.25) is 5.54 Å². The van der Waals surface area contributed by atoms with E-state index in [0.717, 1.165) is 0 Å². The molecule has 0 atom stereocenters. The van der Waals surface area contributed by atoms with Crippen molar-refractivity contribution in [1.82, 2.24) is 0 Å². The fourth-order valence-electron chi connectivity index (χ4n) is 2.72. The molecule has 0 bridgehead atoms. The molecule has 17 heavy (non-hydrogen) atoms. The van der Waals surface area contributed by atoms with E-state index >= 15 is 0 Å². The first-order valence-electron chi connectivity index (χ1n) is 6.73. The standard InChI is InChI=1S/C14H29O2Si/c1-13(2,3)12(14(4,5)6)16-17(15-7)11-9-8-10-11/h11-12H,8-10H2,1-7H3. The van der Waals surface area contributed by atoms with E-state index in [9.17, 15) is 0 Å². The van der Waals surface area contributed by atoms with Crippen molar-refractivity contribution in [2.24, 2.45) is 10.8 Å². The molecule has 0 unspecified atom stereocenters. The zero-order valence-electron chi connectivity index (χ0n) is 12.6. The molecule has 0 spiro atoms. The van der Waals surface area contributed by atoms with Gasteiger partial charge in [-0.25, -0.2) is 0 Å². The predicted octanol–water partition coefficient (Wildman–Crippen LogP) is 4.15. The van der Waals surface area contributed by atoms with Crippen LogP contribution in [0.1, 0.15) is 60.8 Å². The van der Waals surface area contributed by atoms with E-state index in [2.05, 4.69) is 41.5 Å². The molecule has 0 N–H and O–H groups in total. The van der Waals surface area contributed by atoms with Gasteiger partial charge in [0.1, 0.15) is 0 Å². The van der Waals surface area contributed by atoms with Crippen molar-refractivity contribution < 1.29 is 8.85 Å². The molecular formula is C14H29O2Si. The minimum Gasteiger partial charge on any atom is -0.397 e. The fraction of sp³-hybridized carbons (Fsp3) is 1.00. The van der Waals surface area contributed by atoms with Crippen LogP contribution in [-0.4, -0.2) is 22.5 Å². The summed E-state index contributed by atoms with van der Waals surface area (Å²) >= 11 is 0. The molecule has 1 radical (unpaired) electrons. The van der Waals surface area contributed by atoms with Crippen LogP contribution in [0.5, 0.6) is 0 Å². The SMILES string of the molecule is CO[Si](OC(C(C)(C)C)C(C)(C)C)C1CCC1. The third-order valence-electron chi connectivity index (χ3n) is 3.45. The summed E-state index contributed by atoms with van der Waals surface area (Å²) in [4.78, 5) is 0. The molecule has 1 saturated carbocycles. The van der Waals surface area contributed by atoms with Gasteiger partial charge in [-0.2, -0.15) is 0 Å². The zero-order valence-corrected chi connectivity index (χ0v) is 13.6. The highest BCUT2D eigenvalue weighted by Crippen LogP contribution is 2.41. The Bertz CT molecular complexity index is 222. The second kappa shape index (κ2) is 5.41. The van der Waals surface area contributed by atoms with Crippen molar-refractivity contribution in [2.45, 2.75) is 72.5 Å². The summed E-state index contributed by atoms with van der Waals surface area (Å²) in [5.41, 5.74) is 1.03. The highest BCUT2D eigenvalue weighted by Gasteiger charge is 2.42.